The number of nitrogens with zero attached hydrogens (tertiary/aromatic N) is 1. The number of hydrogen-bond acceptors (Lipinski definition) is 3. The van der Waals surface area contributed by atoms with E-state index in [4.69, 9.17) is 4.74 Å². The molecule has 0 unspecified atom stereocenters. The van der Waals surface area contributed by atoms with Crippen molar-refractivity contribution < 1.29 is 9.53 Å². The average Bonchev–Trinajstić information content (AvgIpc) is 2.88. The molecule has 2 saturated heterocycles. The first-order valence-corrected chi connectivity index (χ1v) is 7.25. The second-order valence-electron chi connectivity index (χ2n) is 5.68. The van der Waals surface area contributed by atoms with E-state index >= 15 is 0 Å². The fraction of sp³-hybridized carbons (Fsp3) is 0.929. The summed E-state index contributed by atoms with van der Waals surface area (Å²) in [7, 11) is 1.74. The van der Waals surface area contributed by atoms with E-state index in [-0.39, 0.29) is 5.54 Å². The molecule has 2 aliphatic heterocycles. The molecule has 0 aromatic rings. The summed E-state index contributed by atoms with van der Waals surface area (Å²) in [6.07, 6.45) is 5.31. The van der Waals surface area contributed by atoms with Gasteiger partial charge in [-0.3, -0.25) is 4.79 Å². The highest BCUT2D eigenvalue weighted by Crippen LogP contribution is 2.28. The van der Waals surface area contributed by atoms with Crippen LogP contribution in [-0.4, -0.2) is 49.7 Å². The van der Waals surface area contributed by atoms with Crippen LogP contribution in [0.2, 0.25) is 0 Å². The SMILES string of the molecule is CC[C@@]1(C(=O)N2CCC[C@H](COC)C2)CCCN1. The van der Waals surface area contributed by atoms with E-state index in [0.717, 1.165) is 51.9 Å². The number of ether oxygens (including phenoxy) is 1. The summed E-state index contributed by atoms with van der Waals surface area (Å²) in [4.78, 5) is 14.8. The van der Waals surface area contributed by atoms with Gasteiger partial charge in [0.05, 0.1) is 12.1 Å². The Morgan fingerprint density at radius 2 is 2.33 bits per heavy atom. The van der Waals surface area contributed by atoms with Crippen LogP contribution in [0.15, 0.2) is 0 Å². The summed E-state index contributed by atoms with van der Waals surface area (Å²) < 4.78 is 5.23. The lowest BCUT2D eigenvalue weighted by atomic mass is 9.90. The van der Waals surface area contributed by atoms with Crippen molar-refractivity contribution in [1.29, 1.82) is 0 Å². The van der Waals surface area contributed by atoms with Gasteiger partial charge < -0.3 is 15.0 Å². The molecule has 104 valence electrons. The number of piperidine rings is 1. The zero-order valence-corrected chi connectivity index (χ0v) is 11.7. The van der Waals surface area contributed by atoms with Crippen molar-refractivity contribution in [2.24, 2.45) is 5.92 Å². The predicted octanol–water partition coefficient (Wildman–Crippen LogP) is 1.40. The smallest absolute Gasteiger partial charge is 0.242 e. The molecule has 18 heavy (non-hydrogen) atoms. The molecule has 4 heteroatoms. The monoisotopic (exact) mass is 254 g/mol. The molecule has 0 saturated carbocycles. The Hall–Kier alpha value is -0.610. The van der Waals surface area contributed by atoms with Crippen LogP contribution in [0.1, 0.15) is 39.0 Å². The lowest BCUT2D eigenvalue weighted by Gasteiger charge is -2.38. The van der Waals surface area contributed by atoms with Gasteiger partial charge in [0.2, 0.25) is 5.91 Å². The van der Waals surface area contributed by atoms with Crippen molar-refractivity contribution in [3.63, 3.8) is 0 Å². The standard InChI is InChI=1S/C14H26N2O2/c1-3-14(7-5-8-15-14)13(17)16-9-4-6-12(10-16)11-18-2/h12,15H,3-11H2,1-2H3/t12-,14-/m0/s1. The molecule has 2 rings (SSSR count). The number of rotatable bonds is 4. The molecule has 0 radical (unpaired) electrons. The van der Waals surface area contributed by atoms with Gasteiger partial charge in [0, 0.05) is 20.2 Å². The van der Waals surface area contributed by atoms with E-state index in [1.807, 2.05) is 0 Å². The zero-order chi connectivity index (χ0) is 13.0. The van der Waals surface area contributed by atoms with Gasteiger partial charge in [0.1, 0.15) is 0 Å². The minimum absolute atomic E-state index is 0.269. The summed E-state index contributed by atoms with van der Waals surface area (Å²) in [6, 6.07) is 0. The molecule has 4 nitrogen and oxygen atoms in total. The molecule has 2 fully saturated rings. The first-order chi connectivity index (χ1) is 8.72. The van der Waals surface area contributed by atoms with Crippen LogP contribution in [0.5, 0.6) is 0 Å². The molecule has 0 aliphatic carbocycles. The van der Waals surface area contributed by atoms with Gasteiger partial charge in [-0.05, 0) is 44.6 Å². The van der Waals surface area contributed by atoms with E-state index in [0.29, 0.717) is 11.8 Å². The van der Waals surface area contributed by atoms with E-state index in [1.165, 1.54) is 6.42 Å². The molecule has 1 amide bonds. The Morgan fingerprint density at radius 1 is 1.50 bits per heavy atom. The minimum atomic E-state index is -0.269. The van der Waals surface area contributed by atoms with Gasteiger partial charge in [-0.25, -0.2) is 0 Å². The van der Waals surface area contributed by atoms with Crippen LogP contribution >= 0.6 is 0 Å². The van der Waals surface area contributed by atoms with E-state index in [9.17, 15) is 4.79 Å². The number of methoxy groups -OCH3 is 1. The second kappa shape index (κ2) is 6.02. The summed E-state index contributed by atoms with van der Waals surface area (Å²) in [5.41, 5.74) is -0.269. The Kier molecular flexibility index (Phi) is 4.62. The number of carbonyl (C=O) groups excluding carboxylic acids is 1. The van der Waals surface area contributed by atoms with Crippen molar-refractivity contribution in [1.82, 2.24) is 10.2 Å². The summed E-state index contributed by atoms with van der Waals surface area (Å²) in [6.45, 7) is 5.66. The van der Waals surface area contributed by atoms with Crippen LogP contribution in [0.3, 0.4) is 0 Å². The van der Waals surface area contributed by atoms with Crippen molar-refractivity contribution in [3.8, 4) is 0 Å². The van der Waals surface area contributed by atoms with E-state index in [2.05, 4.69) is 17.1 Å². The Labute approximate surface area is 110 Å². The van der Waals surface area contributed by atoms with Crippen molar-refractivity contribution in [2.45, 2.75) is 44.6 Å². The van der Waals surface area contributed by atoms with E-state index < -0.39 is 0 Å². The molecule has 1 N–H and O–H groups in total. The molecular formula is C14H26N2O2. The maximum atomic E-state index is 12.7. The van der Waals surface area contributed by atoms with E-state index in [1.54, 1.807) is 7.11 Å². The summed E-state index contributed by atoms with van der Waals surface area (Å²) in [5.74, 6) is 0.839. The van der Waals surface area contributed by atoms with Crippen molar-refractivity contribution in [3.05, 3.63) is 0 Å². The molecule has 2 atom stereocenters. The molecular weight excluding hydrogens is 228 g/mol. The van der Waals surface area contributed by atoms with Gasteiger partial charge >= 0.3 is 0 Å². The van der Waals surface area contributed by atoms with Gasteiger partial charge in [0.25, 0.3) is 0 Å². The minimum Gasteiger partial charge on any atom is -0.384 e. The third-order valence-corrected chi connectivity index (χ3v) is 4.47. The highest BCUT2D eigenvalue weighted by atomic mass is 16.5. The van der Waals surface area contributed by atoms with Crippen LogP contribution in [-0.2, 0) is 9.53 Å². The van der Waals surface area contributed by atoms with Gasteiger partial charge in [0.15, 0.2) is 0 Å². The van der Waals surface area contributed by atoms with Gasteiger partial charge in [-0.1, -0.05) is 6.92 Å². The summed E-state index contributed by atoms with van der Waals surface area (Å²) in [5, 5.41) is 3.44. The molecule has 0 spiro atoms. The molecule has 2 heterocycles. The number of amides is 1. The van der Waals surface area contributed by atoms with Gasteiger partial charge in [-0.15, -0.1) is 0 Å². The van der Waals surface area contributed by atoms with Crippen LogP contribution < -0.4 is 5.32 Å². The number of nitrogens with one attached hydrogen (secondary N) is 1. The Balaban J connectivity index is 1.99. The number of hydrogen-bond donors (Lipinski definition) is 1. The first-order valence-electron chi connectivity index (χ1n) is 7.25. The second-order valence-corrected chi connectivity index (χ2v) is 5.68. The number of carbonyl (C=O) groups is 1. The Bertz CT molecular complexity index is 286. The average molecular weight is 254 g/mol. The predicted molar refractivity (Wildman–Crippen MR) is 71.4 cm³/mol. The van der Waals surface area contributed by atoms with Crippen molar-refractivity contribution >= 4 is 5.91 Å². The normalized spacial score (nSPS) is 32.8. The topological polar surface area (TPSA) is 41.6 Å². The lowest BCUT2D eigenvalue weighted by Crippen LogP contribution is -2.56. The third kappa shape index (κ3) is 2.69. The van der Waals surface area contributed by atoms with Crippen LogP contribution in [0, 0.1) is 5.92 Å². The number of likely N-dealkylation sites (tertiary alicyclic amines) is 1. The Morgan fingerprint density at radius 3 is 2.94 bits per heavy atom. The highest BCUT2D eigenvalue weighted by molar-refractivity contribution is 5.86. The molecule has 0 aromatic carbocycles. The highest BCUT2D eigenvalue weighted by Gasteiger charge is 2.42. The lowest BCUT2D eigenvalue weighted by molar-refractivity contribution is -0.140. The zero-order valence-electron chi connectivity index (χ0n) is 11.7. The fourth-order valence-corrected chi connectivity index (χ4v) is 3.37. The molecule has 2 aliphatic rings. The largest absolute Gasteiger partial charge is 0.384 e. The van der Waals surface area contributed by atoms with Crippen molar-refractivity contribution in [2.75, 3.05) is 33.4 Å². The maximum Gasteiger partial charge on any atom is 0.242 e. The van der Waals surface area contributed by atoms with Gasteiger partial charge in [-0.2, -0.15) is 0 Å². The molecule has 0 bridgehead atoms. The molecule has 0 aromatic heterocycles. The van der Waals surface area contributed by atoms with Crippen LogP contribution in [0.25, 0.3) is 0 Å². The first kappa shape index (κ1) is 13.8. The third-order valence-electron chi connectivity index (χ3n) is 4.47. The van der Waals surface area contributed by atoms with Crippen LogP contribution in [0.4, 0.5) is 0 Å². The fourth-order valence-electron chi connectivity index (χ4n) is 3.37. The quantitative estimate of drug-likeness (QED) is 0.824. The maximum absolute atomic E-state index is 12.7. The summed E-state index contributed by atoms with van der Waals surface area (Å²) >= 11 is 0.